The fourth-order valence-corrected chi connectivity index (χ4v) is 4.63. The van der Waals surface area contributed by atoms with Crippen LogP contribution in [0.1, 0.15) is 24.1 Å². The highest BCUT2D eigenvalue weighted by atomic mass is 32.2. The molecular weight excluding hydrogens is 392 g/mol. The molecule has 0 saturated heterocycles. The summed E-state index contributed by atoms with van der Waals surface area (Å²) in [6.45, 7) is 4.22. The van der Waals surface area contributed by atoms with Crippen LogP contribution in [0.15, 0.2) is 41.2 Å². The Morgan fingerprint density at radius 2 is 1.86 bits per heavy atom. The lowest BCUT2D eigenvalue weighted by atomic mass is 10.1. The fraction of sp³-hybridized carbons (Fsp3) is 0.381. The number of para-hydroxylation sites is 1. The van der Waals surface area contributed by atoms with Gasteiger partial charge in [-0.05, 0) is 43.2 Å². The van der Waals surface area contributed by atoms with Crippen LogP contribution in [0.25, 0.3) is 11.0 Å². The van der Waals surface area contributed by atoms with Gasteiger partial charge in [0.15, 0.2) is 11.5 Å². The maximum absolute atomic E-state index is 13.1. The first-order valence-electron chi connectivity index (χ1n) is 9.33. The number of rotatable bonds is 7. The van der Waals surface area contributed by atoms with Crippen LogP contribution in [-0.4, -0.2) is 43.3 Å². The van der Waals surface area contributed by atoms with Gasteiger partial charge in [0.25, 0.3) is 0 Å². The molecule has 3 aromatic rings. The standard InChI is InChI=1S/C21H26N2O5S/c1-6-28-19-12-15(10-11-18(19)27-4)17(13-29(5,25)26)23-16-9-7-8-14(2)20(16)22(3)21(23)24/h7-12,17H,6,13H2,1-5H3/t17-/m1/s1. The molecule has 3 rings (SSSR count). The van der Waals surface area contributed by atoms with E-state index in [0.29, 0.717) is 29.2 Å². The van der Waals surface area contributed by atoms with Crippen LogP contribution < -0.4 is 15.2 Å². The second-order valence-electron chi connectivity index (χ2n) is 7.11. The molecule has 1 aromatic heterocycles. The molecule has 29 heavy (non-hydrogen) atoms. The first kappa shape index (κ1) is 21.0. The molecule has 0 bridgehead atoms. The maximum Gasteiger partial charge on any atom is 0.329 e. The van der Waals surface area contributed by atoms with Gasteiger partial charge in [-0.3, -0.25) is 9.13 Å². The van der Waals surface area contributed by atoms with Gasteiger partial charge in [0, 0.05) is 13.3 Å². The summed E-state index contributed by atoms with van der Waals surface area (Å²) >= 11 is 0. The Labute approximate surface area is 170 Å². The highest BCUT2D eigenvalue weighted by Gasteiger charge is 2.26. The molecule has 0 fully saturated rings. The van der Waals surface area contributed by atoms with Crippen LogP contribution in [0.2, 0.25) is 0 Å². The molecule has 2 aromatic carbocycles. The maximum atomic E-state index is 13.1. The smallest absolute Gasteiger partial charge is 0.329 e. The van der Waals surface area contributed by atoms with Crippen molar-refractivity contribution in [2.75, 3.05) is 25.7 Å². The number of hydrogen-bond donors (Lipinski definition) is 0. The van der Waals surface area contributed by atoms with Crippen LogP contribution in [0, 0.1) is 6.92 Å². The molecule has 7 nitrogen and oxygen atoms in total. The number of fused-ring (bicyclic) bond motifs is 1. The molecule has 8 heteroatoms. The molecule has 1 heterocycles. The van der Waals surface area contributed by atoms with E-state index >= 15 is 0 Å². The van der Waals surface area contributed by atoms with Gasteiger partial charge in [-0.15, -0.1) is 0 Å². The van der Waals surface area contributed by atoms with E-state index in [1.807, 2.05) is 32.0 Å². The zero-order valence-corrected chi connectivity index (χ0v) is 18.1. The average molecular weight is 419 g/mol. The van der Waals surface area contributed by atoms with Crippen molar-refractivity contribution in [2.45, 2.75) is 19.9 Å². The Kier molecular flexibility index (Phi) is 5.75. The number of imidazole rings is 1. The van der Waals surface area contributed by atoms with Gasteiger partial charge in [0.2, 0.25) is 0 Å². The summed E-state index contributed by atoms with van der Waals surface area (Å²) in [5.41, 5.74) is 2.82. The minimum absolute atomic E-state index is 0.210. The van der Waals surface area contributed by atoms with Crippen molar-refractivity contribution in [2.24, 2.45) is 7.05 Å². The topological polar surface area (TPSA) is 79.5 Å². The minimum atomic E-state index is -3.39. The summed E-state index contributed by atoms with van der Waals surface area (Å²) in [7, 11) is -0.143. The molecule has 0 spiro atoms. The van der Waals surface area contributed by atoms with Gasteiger partial charge in [-0.2, -0.15) is 0 Å². The first-order chi connectivity index (χ1) is 13.7. The Morgan fingerprint density at radius 3 is 2.48 bits per heavy atom. The zero-order valence-electron chi connectivity index (χ0n) is 17.3. The van der Waals surface area contributed by atoms with Crippen LogP contribution in [-0.2, 0) is 16.9 Å². The predicted molar refractivity (Wildman–Crippen MR) is 114 cm³/mol. The van der Waals surface area contributed by atoms with E-state index < -0.39 is 15.9 Å². The molecule has 0 N–H and O–H groups in total. The lowest BCUT2D eigenvalue weighted by Crippen LogP contribution is -2.30. The monoisotopic (exact) mass is 418 g/mol. The number of aryl methyl sites for hydroxylation is 2. The van der Waals surface area contributed by atoms with E-state index in [0.717, 1.165) is 11.1 Å². The number of sulfone groups is 1. The van der Waals surface area contributed by atoms with E-state index in [1.54, 1.807) is 41.5 Å². The number of benzene rings is 2. The van der Waals surface area contributed by atoms with Gasteiger partial charge >= 0.3 is 5.69 Å². The van der Waals surface area contributed by atoms with E-state index in [2.05, 4.69) is 0 Å². The summed E-state index contributed by atoms with van der Waals surface area (Å²) in [4.78, 5) is 13.1. The first-order valence-corrected chi connectivity index (χ1v) is 11.4. The molecule has 1 atom stereocenters. The highest BCUT2D eigenvalue weighted by Crippen LogP contribution is 2.33. The minimum Gasteiger partial charge on any atom is -0.493 e. The summed E-state index contributed by atoms with van der Waals surface area (Å²) in [5, 5.41) is 0. The highest BCUT2D eigenvalue weighted by molar-refractivity contribution is 7.90. The van der Waals surface area contributed by atoms with Crippen LogP contribution >= 0.6 is 0 Å². The van der Waals surface area contributed by atoms with Crippen LogP contribution in [0.4, 0.5) is 0 Å². The van der Waals surface area contributed by atoms with Crippen LogP contribution in [0.5, 0.6) is 11.5 Å². The molecule has 0 radical (unpaired) electrons. The normalized spacial score (nSPS) is 12.9. The molecule has 0 saturated carbocycles. The summed E-state index contributed by atoms with van der Waals surface area (Å²) < 4.78 is 38.6. The van der Waals surface area contributed by atoms with Crippen molar-refractivity contribution in [3.8, 4) is 11.5 Å². The van der Waals surface area contributed by atoms with E-state index in [-0.39, 0.29) is 11.4 Å². The number of hydrogen-bond acceptors (Lipinski definition) is 5. The third-order valence-electron chi connectivity index (χ3n) is 4.95. The number of ether oxygens (including phenoxy) is 2. The number of aromatic nitrogens is 2. The molecular formula is C21H26N2O5S. The summed E-state index contributed by atoms with van der Waals surface area (Å²) in [6, 6.07) is 10.2. The molecule has 0 aliphatic rings. The van der Waals surface area contributed by atoms with Crippen molar-refractivity contribution in [3.05, 3.63) is 58.0 Å². The number of nitrogens with zero attached hydrogens (tertiary/aromatic N) is 2. The van der Waals surface area contributed by atoms with Crippen LogP contribution in [0.3, 0.4) is 0 Å². The summed E-state index contributed by atoms with van der Waals surface area (Å²) in [6.07, 6.45) is 1.17. The van der Waals surface area contributed by atoms with Gasteiger partial charge in [-0.25, -0.2) is 13.2 Å². The Bertz CT molecular complexity index is 1210. The Balaban J connectivity index is 2.30. The summed E-state index contributed by atoms with van der Waals surface area (Å²) in [5.74, 6) is 0.850. The van der Waals surface area contributed by atoms with Crippen molar-refractivity contribution < 1.29 is 17.9 Å². The average Bonchev–Trinajstić information content (AvgIpc) is 2.91. The van der Waals surface area contributed by atoms with Crippen molar-refractivity contribution in [3.63, 3.8) is 0 Å². The van der Waals surface area contributed by atoms with Crippen molar-refractivity contribution in [1.29, 1.82) is 0 Å². The fourth-order valence-electron chi connectivity index (χ4n) is 3.71. The largest absolute Gasteiger partial charge is 0.493 e. The second-order valence-corrected chi connectivity index (χ2v) is 9.29. The number of methoxy groups -OCH3 is 1. The zero-order chi connectivity index (χ0) is 21.3. The van der Waals surface area contributed by atoms with E-state index in [1.165, 1.54) is 6.26 Å². The van der Waals surface area contributed by atoms with E-state index in [9.17, 15) is 13.2 Å². The molecule has 0 aliphatic heterocycles. The lowest BCUT2D eigenvalue weighted by molar-refractivity contribution is 0.310. The molecule has 0 aliphatic carbocycles. The van der Waals surface area contributed by atoms with Gasteiger partial charge < -0.3 is 9.47 Å². The Morgan fingerprint density at radius 1 is 1.14 bits per heavy atom. The molecule has 156 valence electrons. The molecule has 0 amide bonds. The Hall–Kier alpha value is -2.74. The third-order valence-corrected chi connectivity index (χ3v) is 5.87. The van der Waals surface area contributed by atoms with Gasteiger partial charge in [-0.1, -0.05) is 18.2 Å². The van der Waals surface area contributed by atoms with Crippen molar-refractivity contribution in [1.82, 2.24) is 9.13 Å². The lowest BCUT2D eigenvalue weighted by Gasteiger charge is -2.20. The van der Waals surface area contributed by atoms with E-state index in [4.69, 9.17) is 9.47 Å². The third kappa shape index (κ3) is 4.03. The van der Waals surface area contributed by atoms with Gasteiger partial charge in [0.05, 0.1) is 36.5 Å². The second kappa shape index (κ2) is 7.94. The predicted octanol–water partition coefficient (Wildman–Crippen LogP) is 2.69. The molecule has 0 unspecified atom stereocenters. The SMILES string of the molecule is CCOc1cc([C@@H](CS(C)(=O)=O)n2c(=O)n(C)c3c(C)cccc32)ccc1OC. The van der Waals surface area contributed by atoms with Crippen molar-refractivity contribution >= 4 is 20.9 Å². The quantitative estimate of drug-likeness (QED) is 0.589. The van der Waals surface area contributed by atoms with Gasteiger partial charge in [0.1, 0.15) is 9.84 Å².